The van der Waals surface area contributed by atoms with Gasteiger partial charge < -0.3 is 14.4 Å². The lowest BCUT2D eigenvalue weighted by atomic mass is 10.0. The fourth-order valence-corrected chi connectivity index (χ4v) is 3.43. The Balaban J connectivity index is 1.52. The molecule has 110 valence electrons. The van der Waals surface area contributed by atoms with Crippen LogP contribution in [0.1, 0.15) is 31.2 Å². The predicted octanol–water partition coefficient (Wildman–Crippen LogP) is 2.88. The molecule has 2 aliphatic rings. The van der Waals surface area contributed by atoms with Gasteiger partial charge >= 0.3 is 0 Å². The summed E-state index contributed by atoms with van der Waals surface area (Å²) in [7, 11) is 1.74. The second-order valence-electron chi connectivity index (χ2n) is 5.98. The summed E-state index contributed by atoms with van der Waals surface area (Å²) in [6.45, 7) is 3.65. The first-order valence-electron chi connectivity index (χ1n) is 7.85. The normalized spacial score (nSPS) is 27.1. The van der Waals surface area contributed by atoms with E-state index < -0.39 is 0 Å². The Kier molecular flexibility index (Phi) is 4.58. The van der Waals surface area contributed by atoms with Gasteiger partial charge in [0.25, 0.3) is 0 Å². The van der Waals surface area contributed by atoms with Crippen LogP contribution in [0, 0.1) is 0 Å². The lowest BCUT2D eigenvalue weighted by Gasteiger charge is -2.20. The third-order valence-electron chi connectivity index (χ3n) is 4.50. The molecule has 3 heteroatoms. The van der Waals surface area contributed by atoms with Crippen molar-refractivity contribution in [3.05, 3.63) is 29.8 Å². The van der Waals surface area contributed by atoms with Crippen LogP contribution in [0.25, 0.3) is 0 Å². The van der Waals surface area contributed by atoms with E-state index >= 15 is 0 Å². The Morgan fingerprint density at radius 1 is 1.15 bits per heavy atom. The molecule has 2 heterocycles. The Morgan fingerprint density at radius 2 is 1.90 bits per heavy atom. The first-order chi connectivity index (χ1) is 9.85. The Labute approximate surface area is 121 Å². The van der Waals surface area contributed by atoms with Gasteiger partial charge in [0.15, 0.2) is 0 Å². The van der Waals surface area contributed by atoms with E-state index in [1.807, 2.05) is 12.1 Å². The maximum absolute atomic E-state index is 6.23. The zero-order chi connectivity index (χ0) is 13.8. The largest absolute Gasteiger partial charge is 0.496 e. The molecule has 0 aromatic heterocycles. The van der Waals surface area contributed by atoms with Crippen LogP contribution in [-0.4, -0.2) is 43.9 Å². The molecule has 3 rings (SSSR count). The smallest absolute Gasteiger partial charge is 0.122 e. The van der Waals surface area contributed by atoms with Crippen LogP contribution in [0.5, 0.6) is 5.75 Å². The summed E-state index contributed by atoms with van der Waals surface area (Å²) in [5.41, 5.74) is 1.27. The molecule has 1 aromatic carbocycles. The van der Waals surface area contributed by atoms with Gasteiger partial charge in [0, 0.05) is 13.0 Å². The first-order valence-corrected chi connectivity index (χ1v) is 7.85. The van der Waals surface area contributed by atoms with E-state index in [-0.39, 0.29) is 0 Å². The summed E-state index contributed by atoms with van der Waals surface area (Å²) in [6, 6.07) is 8.28. The minimum absolute atomic E-state index is 0.360. The number of benzene rings is 1. The predicted molar refractivity (Wildman–Crippen MR) is 80.3 cm³/mol. The molecule has 0 unspecified atom stereocenters. The summed E-state index contributed by atoms with van der Waals surface area (Å²) in [6.07, 6.45) is 6.87. The fourth-order valence-electron chi connectivity index (χ4n) is 3.43. The van der Waals surface area contributed by atoms with Crippen LogP contribution in [0.2, 0.25) is 0 Å². The number of hydrogen-bond acceptors (Lipinski definition) is 3. The van der Waals surface area contributed by atoms with Crippen molar-refractivity contribution in [2.24, 2.45) is 0 Å². The lowest BCUT2D eigenvalue weighted by molar-refractivity contribution is 0.0273. The van der Waals surface area contributed by atoms with Gasteiger partial charge in [-0.25, -0.2) is 0 Å². The number of methoxy groups -OCH3 is 1. The maximum atomic E-state index is 6.23. The van der Waals surface area contributed by atoms with E-state index in [0.29, 0.717) is 12.2 Å². The number of likely N-dealkylation sites (tertiary alicyclic amines) is 1. The zero-order valence-electron chi connectivity index (χ0n) is 12.4. The topological polar surface area (TPSA) is 21.7 Å². The van der Waals surface area contributed by atoms with Crippen molar-refractivity contribution in [1.82, 2.24) is 4.90 Å². The summed E-state index contributed by atoms with van der Waals surface area (Å²) in [5, 5.41) is 0. The summed E-state index contributed by atoms with van der Waals surface area (Å²) in [4.78, 5) is 2.55. The van der Waals surface area contributed by atoms with E-state index in [1.54, 1.807) is 7.11 Å². The van der Waals surface area contributed by atoms with Gasteiger partial charge in [-0.05, 0) is 50.4 Å². The molecule has 0 N–H and O–H groups in total. The Bertz CT molecular complexity index is 429. The average Bonchev–Trinajstić information content (AvgIpc) is 3.12. The van der Waals surface area contributed by atoms with Crippen LogP contribution < -0.4 is 4.74 Å². The first kappa shape index (κ1) is 13.9. The van der Waals surface area contributed by atoms with Crippen LogP contribution in [0.4, 0.5) is 0 Å². The summed E-state index contributed by atoms with van der Waals surface area (Å²) < 4.78 is 11.7. The van der Waals surface area contributed by atoms with Gasteiger partial charge in [0.05, 0.1) is 19.3 Å². The second-order valence-corrected chi connectivity index (χ2v) is 5.98. The van der Waals surface area contributed by atoms with E-state index in [1.165, 1.54) is 44.3 Å². The molecular formula is C17H25NO2. The zero-order valence-corrected chi connectivity index (χ0v) is 12.4. The van der Waals surface area contributed by atoms with Crippen LogP contribution in [0.15, 0.2) is 24.3 Å². The summed E-state index contributed by atoms with van der Waals surface area (Å²) in [5.74, 6) is 0.985. The van der Waals surface area contributed by atoms with Crippen molar-refractivity contribution >= 4 is 0 Å². The quantitative estimate of drug-likeness (QED) is 0.825. The van der Waals surface area contributed by atoms with Gasteiger partial charge in [-0.15, -0.1) is 0 Å². The molecule has 2 aliphatic heterocycles. The van der Waals surface area contributed by atoms with Gasteiger partial charge in [0.2, 0.25) is 0 Å². The van der Waals surface area contributed by atoms with Crippen molar-refractivity contribution < 1.29 is 9.47 Å². The highest BCUT2D eigenvalue weighted by Crippen LogP contribution is 2.27. The monoisotopic (exact) mass is 275 g/mol. The molecule has 0 saturated carbocycles. The van der Waals surface area contributed by atoms with Crippen molar-refractivity contribution in [3.8, 4) is 5.75 Å². The molecule has 0 spiro atoms. The van der Waals surface area contributed by atoms with E-state index in [4.69, 9.17) is 9.47 Å². The molecule has 1 aromatic rings. The molecule has 3 nitrogen and oxygen atoms in total. The molecule has 20 heavy (non-hydrogen) atoms. The van der Waals surface area contributed by atoms with E-state index in [0.717, 1.165) is 18.7 Å². The lowest BCUT2D eigenvalue weighted by Crippen LogP contribution is -2.30. The highest BCUT2D eigenvalue weighted by molar-refractivity contribution is 5.33. The molecule has 2 atom stereocenters. The highest BCUT2D eigenvalue weighted by atomic mass is 16.5. The number of nitrogens with zero attached hydrogens (tertiary/aromatic N) is 1. The van der Waals surface area contributed by atoms with Crippen LogP contribution in [0.3, 0.4) is 0 Å². The third kappa shape index (κ3) is 3.33. The summed E-state index contributed by atoms with van der Waals surface area (Å²) >= 11 is 0. The molecule has 2 saturated heterocycles. The third-order valence-corrected chi connectivity index (χ3v) is 4.50. The molecule has 0 aliphatic carbocycles. The number of hydrogen-bond donors (Lipinski definition) is 0. The van der Waals surface area contributed by atoms with Gasteiger partial charge in [-0.3, -0.25) is 0 Å². The number of para-hydroxylation sites is 1. The second kappa shape index (κ2) is 6.59. The van der Waals surface area contributed by atoms with Gasteiger partial charge in [0.1, 0.15) is 5.75 Å². The standard InChI is InChI=1S/C17H25NO2/c1-19-17-7-3-2-6-14(17)12-15-8-9-16(20-15)13-18-10-4-5-11-18/h2-3,6-7,15-16H,4-5,8-13H2,1H3/t15-,16+/m0/s1. The highest BCUT2D eigenvalue weighted by Gasteiger charge is 2.28. The van der Waals surface area contributed by atoms with Crippen molar-refractivity contribution in [3.63, 3.8) is 0 Å². The van der Waals surface area contributed by atoms with Crippen molar-refractivity contribution in [1.29, 1.82) is 0 Å². The van der Waals surface area contributed by atoms with E-state index in [9.17, 15) is 0 Å². The van der Waals surface area contributed by atoms with Crippen molar-refractivity contribution in [2.75, 3.05) is 26.7 Å². The van der Waals surface area contributed by atoms with Crippen LogP contribution >= 0.6 is 0 Å². The Morgan fingerprint density at radius 3 is 2.70 bits per heavy atom. The minimum atomic E-state index is 0.360. The molecule has 0 amide bonds. The molecule has 2 fully saturated rings. The van der Waals surface area contributed by atoms with Gasteiger partial charge in [-0.1, -0.05) is 18.2 Å². The SMILES string of the molecule is COc1ccccc1C[C@@H]1CC[C@H](CN2CCCC2)O1. The Hall–Kier alpha value is -1.06. The molecule has 0 bridgehead atoms. The maximum Gasteiger partial charge on any atom is 0.122 e. The molecule has 0 radical (unpaired) electrons. The van der Waals surface area contributed by atoms with Crippen molar-refractivity contribution in [2.45, 2.75) is 44.3 Å². The number of rotatable bonds is 5. The number of ether oxygens (including phenoxy) is 2. The fraction of sp³-hybridized carbons (Fsp3) is 0.647. The van der Waals surface area contributed by atoms with Gasteiger partial charge in [-0.2, -0.15) is 0 Å². The average molecular weight is 275 g/mol. The van der Waals surface area contributed by atoms with E-state index in [2.05, 4.69) is 17.0 Å². The van der Waals surface area contributed by atoms with Crippen LogP contribution in [-0.2, 0) is 11.2 Å². The molecular weight excluding hydrogens is 250 g/mol. The minimum Gasteiger partial charge on any atom is -0.496 e.